The number of nitrogens with two attached hydrogens (primary N) is 2. The maximum absolute atomic E-state index is 11.6. The predicted molar refractivity (Wildman–Crippen MR) is 58.1 cm³/mol. The fraction of sp³-hybridized carbons (Fsp3) is 0.625. The van der Waals surface area contributed by atoms with Gasteiger partial charge < -0.3 is 31.5 Å². The molecule has 18 heavy (non-hydrogen) atoms. The summed E-state index contributed by atoms with van der Waals surface area (Å²) in [4.78, 5) is 18.5. The summed E-state index contributed by atoms with van der Waals surface area (Å²) in [5.41, 5.74) is 9.86. The van der Waals surface area contributed by atoms with Gasteiger partial charge in [-0.25, -0.2) is 9.36 Å². The van der Waals surface area contributed by atoms with E-state index >= 15 is 0 Å². The van der Waals surface area contributed by atoms with Crippen LogP contribution < -0.4 is 17.2 Å². The smallest absolute Gasteiger partial charge is 0.355 e. The first kappa shape index (κ1) is 12.7. The van der Waals surface area contributed by atoms with Crippen molar-refractivity contribution in [3.63, 3.8) is 0 Å². The Labute approximate surface area is 100 Å². The fourth-order valence-electron chi connectivity index (χ4n) is 1.78. The average Bonchev–Trinajstić information content (AvgIpc) is 2.56. The third-order valence-corrected chi connectivity index (χ3v) is 2.66. The molecule has 4 atom stereocenters. The van der Waals surface area contributed by atoms with Crippen LogP contribution in [0.2, 0.25) is 0 Å². The van der Waals surface area contributed by atoms with Crippen molar-refractivity contribution in [1.29, 1.82) is 0 Å². The van der Waals surface area contributed by atoms with E-state index in [1.54, 1.807) is 0 Å². The van der Waals surface area contributed by atoms with Crippen molar-refractivity contribution in [2.24, 2.45) is 0 Å². The summed E-state index contributed by atoms with van der Waals surface area (Å²) in [6, 6.07) is 0. The van der Waals surface area contributed by atoms with Crippen LogP contribution in [-0.2, 0) is 4.74 Å². The number of nitrogens with zero attached hydrogens (tertiary/aromatic N) is 3. The van der Waals surface area contributed by atoms with Gasteiger partial charge in [-0.3, -0.25) is 0 Å². The average molecular weight is 262 g/mol. The second-order valence-electron chi connectivity index (χ2n) is 3.82. The molecule has 0 unspecified atom stereocenters. The summed E-state index contributed by atoms with van der Waals surface area (Å²) in [5, 5.41) is 28.2. The maximum atomic E-state index is 11.6. The number of aliphatic hydroxyl groups is 3. The molecule has 100 valence electrons. The standard InChI is InChI=1S/C8H13N5O5/c9-6-11-7(10)13(8(17)12-6)5-4(16)3(15)2(1-14)18-5/h2-5,14-16H,1H2,(H4,9,10,11,12,17)/t2-,3-,4-,5-/m1/s1/i9+1,11+1,12+1. The number of anilines is 2. The van der Waals surface area contributed by atoms with Crippen LogP contribution in [0.5, 0.6) is 0 Å². The van der Waals surface area contributed by atoms with Gasteiger partial charge >= 0.3 is 5.69 Å². The molecular weight excluding hydrogens is 249 g/mol. The van der Waals surface area contributed by atoms with Gasteiger partial charge in [0.15, 0.2) is 6.23 Å². The number of hydrogen-bond acceptors (Lipinski definition) is 9. The van der Waals surface area contributed by atoms with E-state index < -0.39 is 36.8 Å². The molecule has 0 amide bonds. The molecule has 0 aromatic carbocycles. The summed E-state index contributed by atoms with van der Waals surface area (Å²) < 4.78 is 5.90. The van der Waals surface area contributed by atoms with E-state index in [2.05, 4.69) is 9.97 Å². The normalized spacial score (nSPS) is 31.7. The van der Waals surface area contributed by atoms with Crippen LogP contribution in [0.3, 0.4) is 0 Å². The quantitative estimate of drug-likeness (QED) is 0.338. The molecule has 1 aromatic heterocycles. The number of ether oxygens (including phenoxy) is 1. The molecule has 0 aliphatic carbocycles. The Morgan fingerprint density at radius 3 is 2.44 bits per heavy atom. The molecule has 2 rings (SSSR count). The van der Waals surface area contributed by atoms with Gasteiger partial charge in [-0.05, 0) is 0 Å². The summed E-state index contributed by atoms with van der Waals surface area (Å²) in [6.07, 6.45) is -5.07. The lowest BCUT2D eigenvalue weighted by Gasteiger charge is -2.18. The van der Waals surface area contributed by atoms with Gasteiger partial charge in [-0.15, -0.1) is 0 Å². The van der Waals surface area contributed by atoms with E-state index in [-0.39, 0.29) is 11.9 Å². The summed E-state index contributed by atoms with van der Waals surface area (Å²) >= 11 is 0. The third-order valence-electron chi connectivity index (χ3n) is 2.66. The van der Waals surface area contributed by atoms with Crippen LogP contribution in [0.15, 0.2) is 4.79 Å². The van der Waals surface area contributed by atoms with Crippen molar-refractivity contribution in [2.75, 3.05) is 18.1 Å². The Morgan fingerprint density at radius 1 is 1.28 bits per heavy atom. The van der Waals surface area contributed by atoms with Gasteiger partial charge in [0.05, 0.1) is 6.61 Å². The van der Waals surface area contributed by atoms with Gasteiger partial charge in [0.2, 0.25) is 11.9 Å². The zero-order chi connectivity index (χ0) is 13.4. The second kappa shape index (κ2) is 4.49. The fourth-order valence-corrected chi connectivity index (χ4v) is 1.78. The van der Waals surface area contributed by atoms with E-state index in [0.717, 1.165) is 4.57 Å². The zero-order valence-electron chi connectivity index (χ0n) is 9.17. The molecule has 0 radical (unpaired) electrons. The van der Waals surface area contributed by atoms with Crippen LogP contribution in [0.1, 0.15) is 6.23 Å². The van der Waals surface area contributed by atoms with Crippen LogP contribution in [0, 0.1) is 0 Å². The van der Waals surface area contributed by atoms with Crippen LogP contribution in [0.25, 0.3) is 0 Å². The summed E-state index contributed by atoms with van der Waals surface area (Å²) in [7, 11) is 0. The highest BCUT2D eigenvalue weighted by molar-refractivity contribution is 5.26. The highest BCUT2D eigenvalue weighted by Crippen LogP contribution is 2.29. The highest BCUT2D eigenvalue weighted by atomic mass is 16.6. The van der Waals surface area contributed by atoms with Gasteiger partial charge in [0.1, 0.15) is 18.3 Å². The van der Waals surface area contributed by atoms with E-state index in [9.17, 15) is 15.0 Å². The van der Waals surface area contributed by atoms with Crippen LogP contribution in [0.4, 0.5) is 11.9 Å². The van der Waals surface area contributed by atoms with E-state index in [1.807, 2.05) is 0 Å². The second-order valence-corrected chi connectivity index (χ2v) is 3.82. The monoisotopic (exact) mass is 262 g/mol. The van der Waals surface area contributed by atoms with Crippen molar-refractivity contribution in [2.45, 2.75) is 24.5 Å². The molecule has 7 N–H and O–H groups in total. The molecule has 0 saturated carbocycles. The van der Waals surface area contributed by atoms with Crippen molar-refractivity contribution in [1.82, 2.24) is 14.5 Å². The number of aliphatic hydroxyl groups excluding tert-OH is 3. The zero-order valence-corrected chi connectivity index (χ0v) is 9.17. The molecule has 0 bridgehead atoms. The number of aromatic nitrogens is 3. The summed E-state index contributed by atoms with van der Waals surface area (Å²) in [6.45, 7) is -0.515. The number of rotatable bonds is 2. The lowest BCUT2D eigenvalue weighted by molar-refractivity contribution is -0.0542. The Hall–Kier alpha value is -1.75. The summed E-state index contributed by atoms with van der Waals surface area (Å²) in [5.74, 6) is -0.608. The molecule has 2 heterocycles. The third kappa shape index (κ3) is 1.90. The van der Waals surface area contributed by atoms with Crippen molar-refractivity contribution < 1.29 is 20.1 Å². The van der Waals surface area contributed by atoms with Crippen LogP contribution >= 0.6 is 0 Å². The SMILES string of the molecule is Nc1[15n]c([15NH2])[15n]c(=O)n1[C@@H]1O[C@H](CO)[C@@H](O)[C@H]1O. The molecule has 10 nitrogen and oxygen atoms in total. The van der Waals surface area contributed by atoms with Crippen molar-refractivity contribution >= 4 is 11.9 Å². The highest BCUT2D eigenvalue weighted by Gasteiger charge is 2.44. The lowest BCUT2D eigenvalue weighted by atomic mass is 10.1. The minimum absolute atomic E-state index is 0.303. The van der Waals surface area contributed by atoms with Crippen LogP contribution in [-0.4, -0.2) is 54.8 Å². The number of hydrogen-bond donors (Lipinski definition) is 5. The Kier molecular flexibility index (Phi) is 3.17. The minimum atomic E-state index is -1.44. The largest absolute Gasteiger partial charge is 0.394 e. The lowest BCUT2D eigenvalue weighted by Crippen LogP contribution is -2.37. The van der Waals surface area contributed by atoms with Gasteiger partial charge in [-0.2, -0.15) is 9.97 Å². The Bertz CT molecular complexity index is 505. The Balaban J connectivity index is 2.42. The molecule has 10 heteroatoms. The van der Waals surface area contributed by atoms with E-state index in [4.69, 9.17) is 21.3 Å². The first-order valence-electron chi connectivity index (χ1n) is 5.09. The number of nitrogen functional groups attached to an aromatic ring is 2. The first-order chi connectivity index (χ1) is 8.45. The maximum Gasteiger partial charge on any atom is 0.355 e. The topological polar surface area (TPSA) is 170 Å². The first-order valence-corrected chi connectivity index (χ1v) is 5.09. The van der Waals surface area contributed by atoms with Crippen molar-refractivity contribution in [3.05, 3.63) is 10.5 Å². The predicted octanol–water partition coefficient (Wildman–Crippen LogP) is -3.59. The minimum Gasteiger partial charge on any atom is -0.394 e. The molecule has 1 fully saturated rings. The van der Waals surface area contributed by atoms with E-state index in [0.29, 0.717) is 0 Å². The molecule has 1 saturated heterocycles. The molecule has 1 aliphatic rings. The van der Waals surface area contributed by atoms with Gasteiger partial charge in [0.25, 0.3) is 0 Å². The Morgan fingerprint density at radius 2 is 1.94 bits per heavy atom. The van der Waals surface area contributed by atoms with Crippen molar-refractivity contribution in [3.8, 4) is 0 Å². The molecule has 0 spiro atoms. The van der Waals surface area contributed by atoms with E-state index in [1.165, 1.54) is 0 Å². The van der Waals surface area contributed by atoms with Gasteiger partial charge in [0, 0.05) is 0 Å². The molecule has 1 aliphatic heterocycles. The molecule has 1 aromatic rings. The molecular formula is C8H13N5O5. The van der Waals surface area contributed by atoms with Gasteiger partial charge in [-0.1, -0.05) is 0 Å².